The van der Waals surface area contributed by atoms with Crippen LogP contribution in [0.25, 0.3) is 0 Å². The second-order valence-corrected chi connectivity index (χ2v) is 12.5. The predicted octanol–water partition coefficient (Wildman–Crippen LogP) is 4.55. The molecule has 0 radical (unpaired) electrons. The van der Waals surface area contributed by atoms with E-state index in [1.54, 1.807) is 12.1 Å². The number of amides is 1. The number of hydrogen-bond acceptors (Lipinski definition) is 5. The van der Waals surface area contributed by atoms with Gasteiger partial charge in [0.15, 0.2) is 0 Å². The largest absolute Gasteiger partial charge is 0.370 e. The monoisotopic (exact) mass is 563 g/mol. The summed E-state index contributed by atoms with van der Waals surface area (Å²) in [6, 6.07) is 27.9. The number of ether oxygens (including phenoxy) is 1. The third kappa shape index (κ3) is 8.48. The fraction of sp³-hybridized carbons (Fsp3) is 0.406. The Labute approximate surface area is 239 Å². The molecule has 2 N–H and O–H groups in total. The highest BCUT2D eigenvalue weighted by atomic mass is 32.2. The van der Waals surface area contributed by atoms with Gasteiger partial charge in [-0.2, -0.15) is 0 Å². The molecule has 0 heterocycles. The van der Waals surface area contributed by atoms with Gasteiger partial charge >= 0.3 is 0 Å². The minimum absolute atomic E-state index is 0.0867. The van der Waals surface area contributed by atoms with Gasteiger partial charge in [-0.15, -0.1) is 0 Å². The van der Waals surface area contributed by atoms with Crippen molar-refractivity contribution in [2.75, 3.05) is 33.9 Å². The molecule has 0 aromatic heterocycles. The van der Waals surface area contributed by atoms with Crippen molar-refractivity contribution < 1.29 is 17.9 Å². The Hall–Kier alpha value is -3.04. The van der Waals surface area contributed by atoms with Gasteiger partial charge in [-0.3, -0.25) is 4.79 Å². The lowest BCUT2D eigenvalue weighted by molar-refractivity contribution is -0.126. The normalized spacial score (nSPS) is 18.4. The standard InChI is InChI=1S/C32H41N3O4S/c1-35(2)32(26-13-7-4-8-14-26)27-17-19-29(20-18-27)34-31(36)24-39-22-21-33-40(37,38)30-16-10-9-15-28(30)23-25-11-5-3-6-12-25/h3-16,27,29,32-33H,17-24H2,1-2H3,(H,34,36). The van der Waals surface area contributed by atoms with Crippen molar-refractivity contribution in [3.05, 3.63) is 102 Å². The highest BCUT2D eigenvalue weighted by Crippen LogP contribution is 2.37. The van der Waals surface area contributed by atoms with E-state index in [9.17, 15) is 13.2 Å². The van der Waals surface area contributed by atoms with Crippen molar-refractivity contribution >= 4 is 15.9 Å². The van der Waals surface area contributed by atoms with Crippen LogP contribution in [0.4, 0.5) is 0 Å². The van der Waals surface area contributed by atoms with Gasteiger partial charge in [0.25, 0.3) is 0 Å². The van der Waals surface area contributed by atoms with Gasteiger partial charge in [-0.1, -0.05) is 78.9 Å². The van der Waals surface area contributed by atoms with E-state index in [-0.39, 0.29) is 36.6 Å². The molecule has 3 aromatic carbocycles. The molecule has 214 valence electrons. The van der Waals surface area contributed by atoms with E-state index in [4.69, 9.17) is 4.74 Å². The van der Waals surface area contributed by atoms with E-state index >= 15 is 0 Å². The van der Waals surface area contributed by atoms with Gasteiger partial charge < -0.3 is 15.0 Å². The van der Waals surface area contributed by atoms with Gasteiger partial charge in [0.1, 0.15) is 6.61 Å². The summed E-state index contributed by atoms with van der Waals surface area (Å²) < 4.78 is 34.0. The zero-order chi connectivity index (χ0) is 28.4. The number of hydrogen-bond donors (Lipinski definition) is 2. The Morgan fingerprint density at radius 2 is 1.52 bits per heavy atom. The Bertz CT molecular complexity index is 1310. The van der Waals surface area contributed by atoms with Crippen molar-refractivity contribution in [3.8, 4) is 0 Å². The lowest BCUT2D eigenvalue weighted by Crippen LogP contribution is -2.41. The van der Waals surface area contributed by atoms with Gasteiger partial charge in [0.05, 0.1) is 11.5 Å². The highest BCUT2D eigenvalue weighted by Gasteiger charge is 2.30. The number of rotatable bonds is 13. The van der Waals surface area contributed by atoms with Gasteiger partial charge in [-0.25, -0.2) is 13.1 Å². The van der Waals surface area contributed by atoms with Crippen LogP contribution in [0.3, 0.4) is 0 Å². The fourth-order valence-electron chi connectivity index (χ4n) is 5.71. The molecule has 40 heavy (non-hydrogen) atoms. The predicted molar refractivity (Wildman–Crippen MR) is 158 cm³/mol. The maximum Gasteiger partial charge on any atom is 0.246 e. The Kier molecular flexibility index (Phi) is 10.9. The lowest BCUT2D eigenvalue weighted by atomic mass is 9.78. The fourth-order valence-corrected chi connectivity index (χ4v) is 6.96. The summed E-state index contributed by atoms with van der Waals surface area (Å²) in [4.78, 5) is 15.0. The van der Waals surface area contributed by atoms with Crippen LogP contribution in [0.5, 0.6) is 0 Å². The summed E-state index contributed by atoms with van der Waals surface area (Å²) in [7, 11) is 0.556. The quantitative estimate of drug-likeness (QED) is 0.298. The minimum atomic E-state index is -3.71. The molecule has 1 amide bonds. The van der Waals surface area contributed by atoms with Crippen LogP contribution in [0.1, 0.15) is 48.4 Å². The molecule has 4 rings (SSSR count). The summed E-state index contributed by atoms with van der Waals surface area (Å²) in [5.41, 5.74) is 3.11. The van der Waals surface area contributed by atoms with Gasteiger partial charge in [0.2, 0.25) is 15.9 Å². The smallest absolute Gasteiger partial charge is 0.246 e. The molecule has 0 bridgehead atoms. The molecule has 7 nitrogen and oxygen atoms in total. The summed E-state index contributed by atoms with van der Waals surface area (Å²) >= 11 is 0. The topological polar surface area (TPSA) is 87.7 Å². The summed E-state index contributed by atoms with van der Waals surface area (Å²) in [6.07, 6.45) is 4.51. The second-order valence-electron chi connectivity index (χ2n) is 10.7. The molecule has 0 aliphatic heterocycles. The number of carbonyl (C=O) groups excluding carboxylic acids is 1. The lowest BCUT2D eigenvalue weighted by Gasteiger charge is -2.37. The Balaban J connectivity index is 1.17. The zero-order valence-corrected chi connectivity index (χ0v) is 24.3. The molecule has 0 saturated heterocycles. The van der Waals surface area contributed by atoms with Crippen LogP contribution in [-0.4, -0.2) is 59.1 Å². The molecule has 1 saturated carbocycles. The molecular weight excluding hydrogens is 522 g/mol. The molecule has 0 spiro atoms. The number of nitrogens with one attached hydrogen (secondary N) is 2. The first kappa shape index (κ1) is 29.9. The minimum Gasteiger partial charge on any atom is -0.370 e. The SMILES string of the molecule is CN(C)C(c1ccccc1)C1CCC(NC(=O)COCCNS(=O)(=O)c2ccccc2Cc2ccccc2)CC1. The first-order valence-electron chi connectivity index (χ1n) is 14.0. The van der Waals surface area contributed by atoms with Crippen molar-refractivity contribution in [1.29, 1.82) is 0 Å². The van der Waals surface area contributed by atoms with Crippen LogP contribution in [0, 0.1) is 5.92 Å². The molecule has 1 unspecified atom stereocenters. The van der Waals surface area contributed by atoms with E-state index in [1.165, 1.54) is 5.56 Å². The van der Waals surface area contributed by atoms with E-state index in [0.29, 0.717) is 18.4 Å². The number of nitrogens with zero attached hydrogens (tertiary/aromatic N) is 1. The molecular formula is C32H41N3O4S. The molecule has 1 fully saturated rings. The van der Waals surface area contributed by atoms with Crippen LogP contribution < -0.4 is 10.0 Å². The Morgan fingerprint density at radius 3 is 2.20 bits per heavy atom. The summed E-state index contributed by atoms with van der Waals surface area (Å²) in [5.74, 6) is 0.388. The second kappa shape index (κ2) is 14.6. The highest BCUT2D eigenvalue weighted by molar-refractivity contribution is 7.89. The molecule has 1 aliphatic rings. The molecule has 1 aliphatic carbocycles. The van der Waals surface area contributed by atoms with E-state index in [0.717, 1.165) is 36.8 Å². The van der Waals surface area contributed by atoms with Crippen LogP contribution >= 0.6 is 0 Å². The van der Waals surface area contributed by atoms with Crippen molar-refractivity contribution in [1.82, 2.24) is 14.9 Å². The first-order valence-corrected chi connectivity index (χ1v) is 15.5. The van der Waals surface area contributed by atoms with Crippen molar-refractivity contribution in [2.45, 2.75) is 49.1 Å². The van der Waals surface area contributed by atoms with Gasteiger partial charge in [0, 0.05) is 18.6 Å². The van der Waals surface area contributed by atoms with E-state index in [2.05, 4.69) is 53.3 Å². The number of benzene rings is 3. The molecule has 3 aromatic rings. The summed E-state index contributed by atoms with van der Waals surface area (Å²) in [6.45, 7) is 0.115. The molecule has 1 atom stereocenters. The molecule has 8 heteroatoms. The van der Waals surface area contributed by atoms with Gasteiger partial charge in [-0.05, 0) is 74.9 Å². The maximum atomic E-state index is 13.0. The van der Waals surface area contributed by atoms with Crippen LogP contribution in [0.2, 0.25) is 0 Å². The maximum absolute atomic E-state index is 13.0. The van der Waals surface area contributed by atoms with Crippen molar-refractivity contribution in [3.63, 3.8) is 0 Å². The van der Waals surface area contributed by atoms with E-state index < -0.39 is 10.0 Å². The zero-order valence-electron chi connectivity index (χ0n) is 23.5. The number of carbonyl (C=O) groups is 1. The average Bonchev–Trinajstić information content (AvgIpc) is 2.95. The average molecular weight is 564 g/mol. The van der Waals surface area contributed by atoms with Crippen LogP contribution in [-0.2, 0) is 26.0 Å². The summed E-state index contributed by atoms with van der Waals surface area (Å²) in [5, 5.41) is 3.09. The van der Waals surface area contributed by atoms with Crippen molar-refractivity contribution in [2.24, 2.45) is 5.92 Å². The Morgan fingerprint density at radius 1 is 0.900 bits per heavy atom. The first-order chi connectivity index (χ1) is 19.3. The third-order valence-corrected chi connectivity index (χ3v) is 9.11. The number of sulfonamides is 1. The van der Waals surface area contributed by atoms with E-state index in [1.807, 2.05) is 48.5 Å². The third-order valence-electron chi connectivity index (χ3n) is 7.55. The van der Waals surface area contributed by atoms with Crippen LogP contribution in [0.15, 0.2) is 89.8 Å².